The maximum Gasteiger partial charge on any atom is 0.294 e. The summed E-state index contributed by atoms with van der Waals surface area (Å²) in [5, 5.41) is 19.6. The van der Waals surface area contributed by atoms with Gasteiger partial charge in [-0.1, -0.05) is 0 Å². The molecule has 1 aromatic rings. The minimum Gasteiger partial charge on any atom is -0.312 e. The van der Waals surface area contributed by atoms with Crippen molar-refractivity contribution in [2.24, 2.45) is 0 Å². The lowest BCUT2D eigenvalue weighted by atomic mass is 10.1. The molecular formula is C10H7N3O7. The Morgan fingerprint density at radius 1 is 1.10 bits per heavy atom. The maximum atomic E-state index is 11.9. The number of hydrogen-bond acceptors (Lipinski definition) is 7. The van der Waals surface area contributed by atoms with Crippen LogP contribution in [0.2, 0.25) is 0 Å². The van der Waals surface area contributed by atoms with Gasteiger partial charge in [-0.2, -0.15) is 0 Å². The summed E-state index contributed by atoms with van der Waals surface area (Å²) in [5.74, 6) is -1.40. The second-order valence-electron chi connectivity index (χ2n) is 3.81. The van der Waals surface area contributed by atoms with Crippen molar-refractivity contribution in [3.05, 3.63) is 49.6 Å². The lowest BCUT2D eigenvalue weighted by molar-refractivity contribution is -0.757. The molecule has 0 saturated heterocycles. The van der Waals surface area contributed by atoms with Gasteiger partial charge < -0.3 is 4.84 Å². The number of carbonyl (C=O) groups excluding carboxylic acids is 2. The van der Waals surface area contributed by atoms with E-state index in [2.05, 4.69) is 4.84 Å². The van der Waals surface area contributed by atoms with Crippen molar-refractivity contribution in [1.82, 2.24) is 4.90 Å². The van der Waals surface area contributed by atoms with Crippen LogP contribution < -0.4 is 0 Å². The predicted octanol–water partition coefficient (Wildman–Crippen LogP) is 0.399. The first kappa shape index (κ1) is 13.4. The zero-order valence-corrected chi connectivity index (χ0v) is 9.85. The first-order valence-corrected chi connectivity index (χ1v) is 5.33. The van der Waals surface area contributed by atoms with Crippen molar-refractivity contribution in [3.63, 3.8) is 0 Å². The first-order chi connectivity index (χ1) is 9.41. The largest absolute Gasteiger partial charge is 0.312 e. The summed E-state index contributed by atoms with van der Waals surface area (Å²) in [6.45, 7) is -0.762. The number of rotatable bonds is 5. The molecule has 1 aromatic carbocycles. The van der Waals surface area contributed by atoms with Gasteiger partial charge in [-0.05, 0) is 6.07 Å². The van der Waals surface area contributed by atoms with Crippen molar-refractivity contribution in [2.75, 3.05) is 13.2 Å². The predicted molar refractivity (Wildman–Crippen MR) is 61.4 cm³/mol. The molecule has 0 spiro atoms. The molecule has 10 heteroatoms. The highest BCUT2D eigenvalue weighted by atomic mass is 16.9. The van der Waals surface area contributed by atoms with Gasteiger partial charge in [0.15, 0.2) is 0 Å². The number of nitro benzene ring substituents is 1. The van der Waals surface area contributed by atoms with Crippen molar-refractivity contribution in [3.8, 4) is 0 Å². The fraction of sp³-hybridized carbons (Fsp3) is 0.200. The quantitative estimate of drug-likeness (QED) is 0.433. The Morgan fingerprint density at radius 2 is 1.75 bits per heavy atom. The topological polar surface area (TPSA) is 133 Å². The summed E-state index contributed by atoms with van der Waals surface area (Å²) in [6, 6.07) is 3.30. The molecule has 104 valence electrons. The normalized spacial score (nSPS) is 13.3. The lowest BCUT2D eigenvalue weighted by Crippen LogP contribution is -2.33. The molecule has 1 aliphatic rings. The molecule has 0 unspecified atom stereocenters. The van der Waals surface area contributed by atoms with E-state index in [1.165, 1.54) is 6.07 Å². The highest BCUT2D eigenvalue weighted by Crippen LogP contribution is 2.26. The molecule has 0 aliphatic carbocycles. The fourth-order valence-electron chi connectivity index (χ4n) is 1.80. The summed E-state index contributed by atoms with van der Waals surface area (Å²) in [5.41, 5.74) is -0.375. The van der Waals surface area contributed by atoms with Crippen molar-refractivity contribution >= 4 is 17.5 Å². The van der Waals surface area contributed by atoms with E-state index in [0.717, 1.165) is 17.0 Å². The average Bonchev–Trinajstić information content (AvgIpc) is 2.63. The molecule has 0 radical (unpaired) electrons. The van der Waals surface area contributed by atoms with Gasteiger partial charge in [0.05, 0.1) is 22.6 Å². The Labute approximate surface area is 110 Å². The minimum atomic E-state index is -1.04. The zero-order valence-electron chi connectivity index (χ0n) is 9.85. The smallest absolute Gasteiger partial charge is 0.294 e. The Kier molecular flexibility index (Phi) is 3.29. The SMILES string of the molecule is O=C1c2ccc([N+](=O)[O-])cc2C(=O)N1CCO[N+](=O)[O-]. The van der Waals surface area contributed by atoms with E-state index in [1.807, 2.05) is 0 Å². The number of imide groups is 1. The van der Waals surface area contributed by atoms with E-state index < -0.39 is 28.4 Å². The second-order valence-corrected chi connectivity index (χ2v) is 3.81. The Balaban J connectivity index is 2.21. The van der Waals surface area contributed by atoms with E-state index in [0.29, 0.717) is 0 Å². The zero-order chi connectivity index (χ0) is 14.9. The molecule has 0 saturated carbocycles. The lowest BCUT2D eigenvalue weighted by Gasteiger charge is -2.12. The highest BCUT2D eigenvalue weighted by Gasteiger charge is 2.36. The Hall–Kier alpha value is -3.04. The van der Waals surface area contributed by atoms with Gasteiger partial charge in [-0.3, -0.25) is 24.6 Å². The third-order valence-corrected chi connectivity index (χ3v) is 2.68. The number of carbonyl (C=O) groups is 2. The van der Waals surface area contributed by atoms with Gasteiger partial charge in [0.1, 0.15) is 6.61 Å². The third-order valence-electron chi connectivity index (χ3n) is 2.68. The summed E-state index contributed by atoms with van der Waals surface area (Å²) in [7, 11) is 0. The van der Waals surface area contributed by atoms with Crippen LogP contribution in [-0.4, -0.2) is 39.9 Å². The van der Waals surface area contributed by atoms with Crippen LogP contribution in [0.4, 0.5) is 5.69 Å². The van der Waals surface area contributed by atoms with Crippen LogP contribution in [0, 0.1) is 20.2 Å². The molecule has 0 aromatic heterocycles. The molecule has 0 bridgehead atoms. The number of non-ortho nitro benzene ring substituents is 1. The van der Waals surface area contributed by atoms with Gasteiger partial charge in [0.2, 0.25) is 0 Å². The molecule has 0 N–H and O–H groups in total. The highest BCUT2D eigenvalue weighted by molar-refractivity contribution is 6.21. The number of fused-ring (bicyclic) bond motifs is 1. The monoisotopic (exact) mass is 281 g/mol. The molecule has 2 amide bonds. The number of amides is 2. The summed E-state index contributed by atoms with van der Waals surface area (Å²) >= 11 is 0. The van der Waals surface area contributed by atoms with Crippen LogP contribution >= 0.6 is 0 Å². The van der Waals surface area contributed by atoms with Crippen LogP contribution in [-0.2, 0) is 4.84 Å². The molecule has 10 nitrogen and oxygen atoms in total. The number of hydrogen-bond donors (Lipinski definition) is 0. The van der Waals surface area contributed by atoms with Gasteiger partial charge in [0.25, 0.3) is 22.6 Å². The summed E-state index contributed by atoms with van der Waals surface area (Å²) in [6.07, 6.45) is 0. The van der Waals surface area contributed by atoms with Crippen molar-refractivity contribution in [1.29, 1.82) is 0 Å². The van der Waals surface area contributed by atoms with Crippen LogP contribution in [0.15, 0.2) is 18.2 Å². The van der Waals surface area contributed by atoms with Gasteiger partial charge in [-0.15, -0.1) is 10.1 Å². The van der Waals surface area contributed by atoms with Gasteiger partial charge in [-0.25, -0.2) is 0 Å². The molecular weight excluding hydrogens is 274 g/mol. The summed E-state index contributed by atoms with van der Waals surface area (Å²) in [4.78, 5) is 48.5. The number of nitro groups is 1. The molecule has 1 heterocycles. The number of benzene rings is 1. The minimum absolute atomic E-state index is 0.0294. The molecule has 0 atom stereocenters. The van der Waals surface area contributed by atoms with Crippen LogP contribution in [0.1, 0.15) is 20.7 Å². The van der Waals surface area contributed by atoms with Crippen molar-refractivity contribution < 1.29 is 24.4 Å². The molecule has 1 aliphatic heterocycles. The van der Waals surface area contributed by atoms with Crippen LogP contribution in [0.5, 0.6) is 0 Å². The van der Waals surface area contributed by atoms with Gasteiger partial charge >= 0.3 is 0 Å². The average molecular weight is 281 g/mol. The Morgan fingerprint density at radius 3 is 2.35 bits per heavy atom. The van der Waals surface area contributed by atoms with Crippen LogP contribution in [0.25, 0.3) is 0 Å². The Bertz CT molecular complexity index is 627. The van der Waals surface area contributed by atoms with E-state index in [1.54, 1.807) is 0 Å². The fourth-order valence-corrected chi connectivity index (χ4v) is 1.80. The van der Waals surface area contributed by atoms with Crippen LogP contribution in [0.3, 0.4) is 0 Å². The van der Waals surface area contributed by atoms with E-state index in [-0.39, 0.29) is 23.4 Å². The molecule has 0 fully saturated rings. The second kappa shape index (κ2) is 4.91. The number of nitrogens with zero attached hydrogens (tertiary/aromatic N) is 3. The third kappa shape index (κ3) is 2.25. The van der Waals surface area contributed by atoms with Crippen molar-refractivity contribution in [2.45, 2.75) is 0 Å². The van der Waals surface area contributed by atoms with E-state index in [4.69, 9.17) is 0 Å². The molecule has 20 heavy (non-hydrogen) atoms. The van der Waals surface area contributed by atoms with E-state index in [9.17, 15) is 29.8 Å². The standard InChI is InChI=1S/C10H7N3O7/c14-9-7-2-1-6(12(16)17)5-8(7)10(15)11(9)3-4-20-13(18)19/h1-2,5H,3-4H2. The molecule has 2 rings (SSSR count). The summed E-state index contributed by atoms with van der Waals surface area (Å²) < 4.78 is 0. The van der Waals surface area contributed by atoms with Gasteiger partial charge in [0, 0.05) is 12.1 Å². The first-order valence-electron chi connectivity index (χ1n) is 5.33. The van der Waals surface area contributed by atoms with E-state index >= 15 is 0 Å². The maximum absolute atomic E-state index is 11.9.